The van der Waals surface area contributed by atoms with E-state index in [0.29, 0.717) is 18.8 Å². The molecule has 2 amide bonds. The summed E-state index contributed by atoms with van der Waals surface area (Å²) in [5.74, 6) is -0.823. The summed E-state index contributed by atoms with van der Waals surface area (Å²) < 4.78 is 5.32. The molecule has 0 spiro atoms. The molecule has 146 valence electrons. The Morgan fingerprint density at radius 1 is 1.18 bits per heavy atom. The van der Waals surface area contributed by atoms with Crippen LogP contribution < -0.4 is 15.8 Å². The normalized spacial score (nSPS) is 14.3. The Labute approximate surface area is 165 Å². The molecular weight excluding hydrogens is 378 g/mol. The summed E-state index contributed by atoms with van der Waals surface area (Å²) in [5.41, 5.74) is 8.80. The Balaban J connectivity index is 1.40. The van der Waals surface area contributed by atoms with Gasteiger partial charge in [0, 0.05) is 40.6 Å². The van der Waals surface area contributed by atoms with Crippen molar-refractivity contribution in [3.8, 4) is 0 Å². The van der Waals surface area contributed by atoms with Crippen molar-refractivity contribution in [2.24, 2.45) is 0 Å². The van der Waals surface area contributed by atoms with Crippen LogP contribution in [0.25, 0.3) is 10.9 Å². The van der Waals surface area contributed by atoms with Gasteiger partial charge in [0.1, 0.15) is 5.69 Å². The van der Waals surface area contributed by atoms with E-state index in [1.54, 1.807) is 11.4 Å². The first-order chi connectivity index (χ1) is 13.5. The minimum atomic E-state index is -0.446. The molecule has 3 aromatic rings. The fourth-order valence-electron chi connectivity index (χ4n) is 3.12. The van der Waals surface area contributed by atoms with Gasteiger partial charge in [0.05, 0.1) is 13.2 Å². The van der Waals surface area contributed by atoms with Crippen LogP contribution in [0.4, 0.5) is 5.13 Å². The Morgan fingerprint density at radius 3 is 2.71 bits per heavy atom. The predicted octanol–water partition coefficient (Wildman–Crippen LogP) is 2.15. The Morgan fingerprint density at radius 2 is 1.93 bits per heavy atom. The van der Waals surface area contributed by atoms with E-state index in [1.165, 1.54) is 11.3 Å². The number of thiazole rings is 1. The highest BCUT2D eigenvalue weighted by atomic mass is 32.1. The number of hydrogen-bond donors (Lipinski definition) is 3. The lowest BCUT2D eigenvalue weighted by Gasteiger charge is -2.25. The summed E-state index contributed by atoms with van der Waals surface area (Å²) in [6, 6.07) is 5.40. The van der Waals surface area contributed by atoms with Gasteiger partial charge < -0.3 is 14.6 Å². The van der Waals surface area contributed by atoms with Crippen molar-refractivity contribution in [1.29, 1.82) is 0 Å². The quantitative estimate of drug-likeness (QED) is 0.586. The SMILES string of the molecule is Cc1[nH]c2ccc(C(=O)NNC(=O)c3csc(N4CCOCC4)n3)cc2c1C. The molecule has 28 heavy (non-hydrogen) atoms. The number of anilines is 1. The van der Waals surface area contributed by atoms with Crippen molar-refractivity contribution in [3.05, 3.63) is 46.1 Å². The molecule has 0 aliphatic carbocycles. The lowest BCUT2D eigenvalue weighted by atomic mass is 10.1. The number of aromatic amines is 1. The first-order valence-electron chi connectivity index (χ1n) is 9.01. The summed E-state index contributed by atoms with van der Waals surface area (Å²) in [4.78, 5) is 34.5. The zero-order valence-corrected chi connectivity index (χ0v) is 16.5. The minimum Gasteiger partial charge on any atom is -0.378 e. The highest BCUT2D eigenvalue weighted by molar-refractivity contribution is 7.13. The predicted molar refractivity (Wildman–Crippen MR) is 108 cm³/mol. The van der Waals surface area contributed by atoms with E-state index in [0.717, 1.165) is 40.4 Å². The molecule has 3 heterocycles. The van der Waals surface area contributed by atoms with Crippen molar-refractivity contribution >= 4 is 39.2 Å². The molecule has 0 radical (unpaired) electrons. The van der Waals surface area contributed by atoms with Gasteiger partial charge in [-0.25, -0.2) is 4.98 Å². The summed E-state index contributed by atoms with van der Waals surface area (Å²) in [5, 5.41) is 3.46. The van der Waals surface area contributed by atoms with Crippen LogP contribution in [-0.2, 0) is 4.74 Å². The lowest BCUT2D eigenvalue weighted by molar-refractivity contribution is 0.0844. The summed E-state index contributed by atoms with van der Waals surface area (Å²) >= 11 is 1.40. The van der Waals surface area contributed by atoms with E-state index in [1.807, 2.05) is 26.0 Å². The van der Waals surface area contributed by atoms with Gasteiger partial charge in [-0.3, -0.25) is 20.4 Å². The highest BCUT2D eigenvalue weighted by Crippen LogP contribution is 2.23. The number of benzene rings is 1. The van der Waals surface area contributed by atoms with E-state index in [9.17, 15) is 9.59 Å². The number of carbonyl (C=O) groups is 2. The van der Waals surface area contributed by atoms with Crippen LogP contribution in [0.3, 0.4) is 0 Å². The number of ether oxygens (including phenoxy) is 1. The molecule has 1 fully saturated rings. The number of nitrogens with zero attached hydrogens (tertiary/aromatic N) is 2. The Kier molecular flexibility index (Phi) is 5.01. The maximum Gasteiger partial charge on any atom is 0.289 e. The van der Waals surface area contributed by atoms with Gasteiger partial charge in [0.25, 0.3) is 11.8 Å². The molecule has 1 aliphatic rings. The molecule has 0 bridgehead atoms. The van der Waals surface area contributed by atoms with E-state index in [4.69, 9.17) is 4.74 Å². The molecule has 2 aromatic heterocycles. The number of nitrogens with one attached hydrogen (secondary N) is 3. The average Bonchev–Trinajstić information content (AvgIpc) is 3.32. The Hall–Kier alpha value is -2.91. The lowest BCUT2D eigenvalue weighted by Crippen LogP contribution is -2.41. The molecule has 0 unspecified atom stereocenters. The standard InChI is InChI=1S/C19H21N5O3S/c1-11-12(2)20-15-4-3-13(9-14(11)15)17(25)22-23-18(26)16-10-28-19(21-16)24-5-7-27-8-6-24/h3-4,9-10,20H,5-8H2,1-2H3,(H,22,25)(H,23,26). The number of amides is 2. The largest absolute Gasteiger partial charge is 0.378 e. The molecule has 0 saturated carbocycles. The van der Waals surface area contributed by atoms with Crippen LogP contribution >= 0.6 is 11.3 Å². The third kappa shape index (κ3) is 3.58. The molecule has 1 saturated heterocycles. The smallest absolute Gasteiger partial charge is 0.289 e. The van der Waals surface area contributed by atoms with Crippen molar-refractivity contribution < 1.29 is 14.3 Å². The second-order valence-electron chi connectivity index (χ2n) is 6.66. The number of hydrazine groups is 1. The number of fused-ring (bicyclic) bond motifs is 1. The molecule has 0 atom stereocenters. The molecule has 4 rings (SSSR count). The van der Waals surface area contributed by atoms with Crippen LogP contribution in [0.1, 0.15) is 32.1 Å². The van der Waals surface area contributed by atoms with Crippen LogP contribution in [0.5, 0.6) is 0 Å². The molecule has 8 nitrogen and oxygen atoms in total. The third-order valence-electron chi connectivity index (χ3n) is 4.87. The van der Waals surface area contributed by atoms with Gasteiger partial charge >= 0.3 is 0 Å². The van der Waals surface area contributed by atoms with Gasteiger partial charge in [-0.2, -0.15) is 0 Å². The van der Waals surface area contributed by atoms with E-state index >= 15 is 0 Å². The first-order valence-corrected chi connectivity index (χ1v) is 9.89. The van der Waals surface area contributed by atoms with E-state index in [-0.39, 0.29) is 11.6 Å². The van der Waals surface area contributed by atoms with Crippen molar-refractivity contribution in [1.82, 2.24) is 20.8 Å². The van der Waals surface area contributed by atoms with Crippen molar-refractivity contribution in [2.75, 3.05) is 31.2 Å². The molecule has 1 aromatic carbocycles. The summed E-state index contributed by atoms with van der Waals surface area (Å²) in [6.07, 6.45) is 0. The summed E-state index contributed by atoms with van der Waals surface area (Å²) in [7, 11) is 0. The van der Waals surface area contributed by atoms with Gasteiger partial charge in [-0.1, -0.05) is 0 Å². The maximum atomic E-state index is 12.4. The number of rotatable bonds is 3. The monoisotopic (exact) mass is 399 g/mol. The maximum absolute atomic E-state index is 12.4. The van der Waals surface area contributed by atoms with Crippen LogP contribution in [0, 0.1) is 13.8 Å². The highest BCUT2D eigenvalue weighted by Gasteiger charge is 2.18. The summed E-state index contributed by atoms with van der Waals surface area (Å²) in [6.45, 7) is 6.82. The van der Waals surface area contributed by atoms with Gasteiger partial charge in [-0.15, -0.1) is 11.3 Å². The van der Waals surface area contributed by atoms with Crippen LogP contribution in [0.2, 0.25) is 0 Å². The van der Waals surface area contributed by atoms with Gasteiger partial charge in [0.15, 0.2) is 5.13 Å². The molecule has 3 N–H and O–H groups in total. The fraction of sp³-hybridized carbons (Fsp3) is 0.316. The average molecular weight is 399 g/mol. The Bertz CT molecular complexity index is 1040. The first kappa shape index (κ1) is 18.5. The van der Waals surface area contributed by atoms with Gasteiger partial charge in [0.2, 0.25) is 0 Å². The number of H-pyrrole nitrogens is 1. The number of aryl methyl sites for hydroxylation is 2. The van der Waals surface area contributed by atoms with E-state index in [2.05, 4.69) is 25.7 Å². The minimum absolute atomic E-state index is 0.277. The van der Waals surface area contributed by atoms with Crippen LogP contribution in [0.15, 0.2) is 23.6 Å². The van der Waals surface area contributed by atoms with Crippen molar-refractivity contribution in [3.63, 3.8) is 0 Å². The second kappa shape index (κ2) is 7.61. The number of aromatic nitrogens is 2. The topological polar surface area (TPSA) is 99.4 Å². The zero-order chi connectivity index (χ0) is 19.7. The molecule has 1 aliphatic heterocycles. The fourth-order valence-corrected chi connectivity index (χ4v) is 3.98. The van der Waals surface area contributed by atoms with Crippen LogP contribution in [-0.4, -0.2) is 48.1 Å². The number of morpholine rings is 1. The van der Waals surface area contributed by atoms with E-state index < -0.39 is 5.91 Å². The zero-order valence-electron chi connectivity index (χ0n) is 15.7. The second-order valence-corrected chi connectivity index (χ2v) is 7.49. The number of hydrogen-bond acceptors (Lipinski definition) is 6. The third-order valence-corrected chi connectivity index (χ3v) is 5.77. The molecular formula is C19H21N5O3S. The van der Waals surface area contributed by atoms with Gasteiger partial charge in [-0.05, 0) is 37.6 Å². The van der Waals surface area contributed by atoms with Crippen molar-refractivity contribution in [2.45, 2.75) is 13.8 Å². The number of carbonyl (C=O) groups excluding carboxylic acids is 2. The molecule has 9 heteroatoms.